The maximum atomic E-state index is 12.2. The van der Waals surface area contributed by atoms with Gasteiger partial charge in [-0.3, -0.25) is 15.6 Å². The molecule has 3 N–H and O–H groups in total. The van der Waals surface area contributed by atoms with E-state index in [0.717, 1.165) is 19.6 Å². The molecule has 2 heterocycles. The maximum Gasteiger partial charge on any atom is 0.266 e. The molecule has 1 saturated heterocycles. The van der Waals surface area contributed by atoms with Gasteiger partial charge in [-0.1, -0.05) is 5.10 Å². The fraction of sp³-hybridized carbons (Fsp3) is 0.769. The number of morpholine rings is 1. The first kappa shape index (κ1) is 16.8. The molecule has 1 amide bonds. The van der Waals surface area contributed by atoms with Crippen molar-refractivity contribution in [2.24, 2.45) is 5.92 Å². The maximum absolute atomic E-state index is 12.2. The molecule has 1 saturated carbocycles. The smallest absolute Gasteiger partial charge is 0.266 e. The molecule has 1 aromatic rings. The summed E-state index contributed by atoms with van der Waals surface area (Å²) in [6.07, 6.45) is 2.48. The van der Waals surface area contributed by atoms with Gasteiger partial charge in [-0.05, 0) is 43.1 Å². The molecule has 0 bridgehead atoms. The summed E-state index contributed by atoms with van der Waals surface area (Å²) in [4.78, 5) is 15.4. The van der Waals surface area contributed by atoms with Gasteiger partial charge >= 0.3 is 0 Å². The standard InChI is InChI=1S/C13H22N8O2S/c1-9(11(22)15-17-13(24)14-8-10-2-3-10)21-18-12(16-19-21)20-4-6-23-7-5-20/h9-10H,2-8H2,1H3,(H,15,22)(H2,14,17,24). The summed E-state index contributed by atoms with van der Waals surface area (Å²) in [6.45, 7) is 5.25. The second kappa shape index (κ2) is 7.71. The van der Waals surface area contributed by atoms with Crippen LogP contribution in [0.5, 0.6) is 0 Å². The zero-order valence-corrected chi connectivity index (χ0v) is 14.4. The molecule has 1 aliphatic heterocycles. The Balaban J connectivity index is 1.45. The summed E-state index contributed by atoms with van der Waals surface area (Å²) < 4.78 is 5.29. The normalized spacial score (nSPS) is 18.8. The van der Waals surface area contributed by atoms with Gasteiger partial charge < -0.3 is 15.0 Å². The molecule has 10 nitrogen and oxygen atoms in total. The molecule has 0 spiro atoms. The van der Waals surface area contributed by atoms with E-state index in [2.05, 4.69) is 31.6 Å². The highest BCUT2D eigenvalue weighted by Gasteiger charge is 2.23. The highest BCUT2D eigenvalue weighted by molar-refractivity contribution is 7.80. The highest BCUT2D eigenvalue weighted by atomic mass is 32.1. The van der Waals surface area contributed by atoms with Crippen LogP contribution in [0.1, 0.15) is 25.8 Å². The van der Waals surface area contributed by atoms with Crippen LogP contribution in [0.3, 0.4) is 0 Å². The lowest BCUT2D eigenvalue weighted by molar-refractivity contribution is -0.125. The van der Waals surface area contributed by atoms with Gasteiger partial charge in [0.1, 0.15) is 0 Å². The van der Waals surface area contributed by atoms with Gasteiger partial charge in [-0.2, -0.15) is 0 Å². The van der Waals surface area contributed by atoms with E-state index in [9.17, 15) is 4.79 Å². The quantitative estimate of drug-likeness (QED) is 0.452. The minimum atomic E-state index is -0.606. The number of rotatable bonds is 5. The number of hydrazine groups is 1. The summed E-state index contributed by atoms with van der Waals surface area (Å²) in [5.41, 5.74) is 5.25. The van der Waals surface area contributed by atoms with Crippen molar-refractivity contribution < 1.29 is 9.53 Å². The van der Waals surface area contributed by atoms with Crippen molar-refractivity contribution in [3.05, 3.63) is 0 Å². The largest absolute Gasteiger partial charge is 0.378 e. The third kappa shape index (κ3) is 4.51. The van der Waals surface area contributed by atoms with Crippen molar-refractivity contribution in [3.8, 4) is 0 Å². The van der Waals surface area contributed by atoms with E-state index in [4.69, 9.17) is 17.0 Å². The first-order chi connectivity index (χ1) is 11.6. The van der Waals surface area contributed by atoms with Gasteiger partial charge in [-0.15, -0.1) is 9.90 Å². The van der Waals surface area contributed by atoms with Gasteiger partial charge in [-0.25, -0.2) is 0 Å². The molecule has 0 radical (unpaired) electrons. The molecule has 1 aliphatic carbocycles. The first-order valence-electron chi connectivity index (χ1n) is 8.09. The molecule has 2 fully saturated rings. The Morgan fingerprint density at radius 2 is 2.12 bits per heavy atom. The summed E-state index contributed by atoms with van der Waals surface area (Å²) in [6, 6.07) is -0.606. The summed E-state index contributed by atoms with van der Waals surface area (Å²) >= 11 is 5.11. The number of amides is 1. The van der Waals surface area contributed by atoms with E-state index in [0.29, 0.717) is 30.2 Å². The number of carbonyl (C=O) groups excluding carboxylic acids is 1. The number of carbonyl (C=O) groups is 1. The van der Waals surface area contributed by atoms with E-state index in [-0.39, 0.29) is 5.91 Å². The fourth-order valence-corrected chi connectivity index (χ4v) is 2.34. The summed E-state index contributed by atoms with van der Waals surface area (Å²) in [7, 11) is 0. The van der Waals surface area contributed by atoms with Crippen LogP contribution in [0.4, 0.5) is 5.95 Å². The molecule has 1 unspecified atom stereocenters. The van der Waals surface area contributed by atoms with E-state index in [1.165, 1.54) is 17.6 Å². The average molecular weight is 354 g/mol. The molecule has 24 heavy (non-hydrogen) atoms. The minimum Gasteiger partial charge on any atom is -0.378 e. The Labute approximate surface area is 145 Å². The molecular formula is C13H22N8O2S. The van der Waals surface area contributed by atoms with Crippen LogP contribution in [-0.2, 0) is 9.53 Å². The monoisotopic (exact) mass is 354 g/mol. The van der Waals surface area contributed by atoms with E-state index < -0.39 is 6.04 Å². The predicted molar refractivity (Wildman–Crippen MR) is 90.2 cm³/mol. The predicted octanol–water partition coefficient (Wildman–Crippen LogP) is -1.02. The van der Waals surface area contributed by atoms with Crippen molar-refractivity contribution in [2.45, 2.75) is 25.8 Å². The minimum absolute atomic E-state index is 0.295. The zero-order chi connectivity index (χ0) is 16.9. The molecule has 1 aromatic heterocycles. The molecule has 2 aliphatic rings. The molecule has 11 heteroatoms. The van der Waals surface area contributed by atoms with Crippen molar-refractivity contribution in [1.29, 1.82) is 0 Å². The number of thiocarbonyl (C=S) groups is 1. The van der Waals surface area contributed by atoms with Gasteiger partial charge in [0.2, 0.25) is 0 Å². The third-order valence-electron chi connectivity index (χ3n) is 3.98. The van der Waals surface area contributed by atoms with Crippen LogP contribution in [0.25, 0.3) is 0 Å². The topological polar surface area (TPSA) is 109 Å². The molecule has 1 atom stereocenters. The lowest BCUT2D eigenvalue weighted by Gasteiger charge is -2.24. The molecule has 0 aromatic carbocycles. The lowest BCUT2D eigenvalue weighted by atomic mass is 10.3. The van der Waals surface area contributed by atoms with E-state index in [1.807, 2.05) is 4.90 Å². The Morgan fingerprint density at radius 1 is 1.38 bits per heavy atom. The average Bonchev–Trinajstić information content (AvgIpc) is 3.32. The number of ether oxygens (including phenoxy) is 1. The molecule has 3 rings (SSSR count). The van der Waals surface area contributed by atoms with Crippen LogP contribution in [0, 0.1) is 5.92 Å². The lowest BCUT2D eigenvalue weighted by Crippen LogP contribution is -2.49. The molecular weight excluding hydrogens is 332 g/mol. The van der Waals surface area contributed by atoms with Crippen LogP contribution in [-0.4, -0.2) is 64.1 Å². The SMILES string of the molecule is CC(C(=O)NNC(=S)NCC1CC1)n1nnc(N2CCOCC2)n1. The number of nitrogens with zero attached hydrogens (tertiary/aromatic N) is 5. The number of tetrazole rings is 1. The Morgan fingerprint density at radius 3 is 2.83 bits per heavy atom. The third-order valence-corrected chi connectivity index (χ3v) is 4.23. The van der Waals surface area contributed by atoms with Crippen LogP contribution >= 0.6 is 12.2 Å². The van der Waals surface area contributed by atoms with Crippen LogP contribution in [0.15, 0.2) is 0 Å². The van der Waals surface area contributed by atoms with Gasteiger partial charge in [0.25, 0.3) is 11.9 Å². The summed E-state index contributed by atoms with van der Waals surface area (Å²) in [5, 5.41) is 15.7. The number of hydrogen-bond acceptors (Lipinski definition) is 7. The van der Waals surface area contributed by atoms with Gasteiger partial charge in [0.05, 0.1) is 13.2 Å². The Hall–Kier alpha value is -2.01. The van der Waals surface area contributed by atoms with Gasteiger partial charge in [0, 0.05) is 19.6 Å². The second-order valence-corrected chi connectivity index (χ2v) is 6.36. The fourth-order valence-electron chi connectivity index (χ4n) is 2.20. The molecule has 132 valence electrons. The Bertz CT molecular complexity index is 584. The van der Waals surface area contributed by atoms with Crippen molar-refractivity contribution >= 4 is 29.2 Å². The van der Waals surface area contributed by atoms with Crippen LogP contribution < -0.4 is 21.1 Å². The van der Waals surface area contributed by atoms with E-state index >= 15 is 0 Å². The first-order valence-corrected chi connectivity index (χ1v) is 8.50. The second-order valence-electron chi connectivity index (χ2n) is 5.95. The van der Waals surface area contributed by atoms with Crippen molar-refractivity contribution in [1.82, 2.24) is 36.4 Å². The number of anilines is 1. The summed E-state index contributed by atoms with van der Waals surface area (Å²) in [5.74, 6) is 0.918. The van der Waals surface area contributed by atoms with Crippen molar-refractivity contribution in [2.75, 3.05) is 37.7 Å². The number of aromatic nitrogens is 4. The number of nitrogens with one attached hydrogen (secondary N) is 3. The van der Waals surface area contributed by atoms with Crippen molar-refractivity contribution in [3.63, 3.8) is 0 Å². The van der Waals surface area contributed by atoms with E-state index in [1.54, 1.807) is 6.92 Å². The van der Waals surface area contributed by atoms with Crippen LogP contribution in [0.2, 0.25) is 0 Å². The number of hydrogen-bond donors (Lipinski definition) is 3. The zero-order valence-electron chi connectivity index (χ0n) is 13.6. The highest BCUT2D eigenvalue weighted by Crippen LogP contribution is 2.27. The Kier molecular flexibility index (Phi) is 5.41. The van der Waals surface area contributed by atoms with Gasteiger partial charge in [0.15, 0.2) is 11.2 Å².